The van der Waals surface area contributed by atoms with Crippen molar-refractivity contribution in [3.05, 3.63) is 59.4 Å². The summed E-state index contributed by atoms with van der Waals surface area (Å²) in [6.07, 6.45) is 1.12. The van der Waals surface area contributed by atoms with E-state index in [9.17, 15) is 0 Å². The van der Waals surface area contributed by atoms with Gasteiger partial charge in [0.25, 0.3) is 0 Å². The van der Waals surface area contributed by atoms with E-state index in [1.807, 2.05) is 12.1 Å². The third-order valence-electron chi connectivity index (χ3n) is 4.87. The number of aromatic nitrogens is 2. The van der Waals surface area contributed by atoms with Crippen molar-refractivity contribution in [1.29, 1.82) is 0 Å². The van der Waals surface area contributed by atoms with Crippen molar-refractivity contribution in [2.45, 2.75) is 23.6 Å². The molecule has 1 aromatic heterocycles. The molecule has 0 N–H and O–H groups in total. The SMILES string of the molecule is Clc1ccc(SCc2nc3ccccc3n2CCCN2CCOCC2)cc1. The van der Waals surface area contributed by atoms with Crippen molar-refractivity contribution in [1.82, 2.24) is 14.5 Å². The van der Waals surface area contributed by atoms with Crippen LogP contribution >= 0.6 is 23.4 Å². The van der Waals surface area contributed by atoms with Gasteiger partial charge in [-0.15, -0.1) is 11.8 Å². The van der Waals surface area contributed by atoms with E-state index in [0.717, 1.165) is 67.9 Å². The summed E-state index contributed by atoms with van der Waals surface area (Å²) >= 11 is 7.80. The standard InChI is InChI=1S/C21H24ClN3OS/c22-17-6-8-18(9-7-17)27-16-21-23-19-4-1-2-5-20(19)25(21)11-3-10-24-12-14-26-15-13-24/h1-2,4-9H,3,10-16H2. The minimum Gasteiger partial charge on any atom is -0.379 e. The molecule has 1 aliphatic heterocycles. The van der Waals surface area contributed by atoms with E-state index in [1.165, 1.54) is 10.4 Å². The topological polar surface area (TPSA) is 30.3 Å². The number of aryl methyl sites for hydroxylation is 1. The highest BCUT2D eigenvalue weighted by Crippen LogP contribution is 2.26. The van der Waals surface area contributed by atoms with Crippen LogP contribution in [0.1, 0.15) is 12.2 Å². The van der Waals surface area contributed by atoms with Gasteiger partial charge >= 0.3 is 0 Å². The Morgan fingerprint density at radius 2 is 1.78 bits per heavy atom. The number of hydrogen-bond donors (Lipinski definition) is 0. The van der Waals surface area contributed by atoms with Gasteiger partial charge in [-0.3, -0.25) is 4.90 Å². The number of thioether (sulfide) groups is 1. The molecular weight excluding hydrogens is 378 g/mol. The molecule has 4 rings (SSSR count). The van der Waals surface area contributed by atoms with Crippen molar-refractivity contribution in [2.75, 3.05) is 32.8 Å². The smallest absolute Gasteiger partial charge is 0.120 e. The number of hydrogen-bond acceptors (Lipinski definition) is 4. The highest BCUT2D eigenvalue weighted by atomic mass is 35.5. The Kier molecular flexibility index (Phi) is 6.35. The molecule has 0 amide bonds. The number of fused-ring (bicyclic) bond motifs is 1. The van der Waals surface area contributed by atoms with Gasteiger partial charge in [0.05, 0.1) is 30.0 Å². The van der Waals surface area contributed by atoms with Crippen molar-refractivity contribution in [3.63, 3.8) is 0 Å². The first-order valence-electron chi connectivity index (χ1n) is 9.42. The molecule has 2 aromatic carbocycles. The minimum absolute atomic E-state index is 0.773. The van der Waals surface area contributed by atoms with Gasteiger partial charge in [0.15, 0.2) is 0 Å². The quantitative estimate of drug-likeness (QED) is 0.536. The lowest BCUT2D eigenvalue weighted by Gasteiger charge is -2.26. The largest absolute Gasteiger partial charge is 0.379 e. The Morgan fingerprint density at radius 1 is 1.00 bits per heavy atom. The van der Waals surface area contributed by atoms with Crippen molar-refractivity contribution >= 4 is 34.4 Å². The zero-order valence-corrected chi connectivity index (χ0v) is 16.9. The van der Waals surface area contributed by atoms with E-state index in [4.69, 9.17) is 21.3 Å². The highest BCUT2D eigenvalue weighted by molar-refractivity contribution is 7.98. The molecule has 0 bridgehead atoms. The molecule has 1 fully saturated rings. The number of imidazole rings is 1. The number of benzene rings is 2. The fraction of sp³-hybridized carbons (Fsp3) is 0.381. The maximum absolute atomic E-state index is 5.99. The maximum Gasteiger partial charge on any atom is 0.120 e. The zero-order valence-electron chi connectivity index (χ0n) is 15.3. The zero-order chi connectivity index (χ0) is 18.5. The monoisotopic (exact) mass is 401 g/mol. The minimum atomic E-state index is 0.773. The number of morpholine rings is 1. The van der Waals surface area contributed by atoms with Crippen molar-refractivity contribution in [2.24, 2.45) is 0 Å². The summed E-state index contributed by atoms with van der Waals surface area (Å²) < 4.78 is 7.83. The molecule has 0 atom stereocenters. The van der Waals surface area contributed by atoms with Crippen molar-refractivity contribution in [3.8, 4) is 0 Å². The Morgan fingerprint density at radius 3 is 2.59 bits per heavy atom. The lowest BCUT2D eigenvalue weighted by molar-refractivity contribution is 0.0369. The van der Waals surface area contributed by atoms with Gasteiger partial charge in [-0.05, 0) is 42.8 Å². The molecule has 0 radical (unpaired) electrons. The fourth-order valence-corrected chi connectivity index (χ4v) is 4.41. The molecule has 142 valence electrons. The summed E-state index contributed by atoms with van der Waals surface area (Å²) in [6, 6.07) is 16.4. The van der Waals surface area contributed by atoms with E-state index in [2.05, 4.69) is 45.9 Å². The molecule has 2 heterocycles. The lowest BCUT2D eigenvalue weighted by Crippen LogP contribution is -2.37. The van der Waals surface area contributed by atoms with Gasteiger partial charge in [-0.25, -0.2) is 4.98 Å². The summed E-state index contributed by atoms with van der Waals surface area (Å²) in [5.74, 6) is 1.99. The number of para-hydroxylation sites is 2. The second-order valence-electron chi connectivity index (χ2n) is 6.72. The van der Waals surface area contributed by atoms with E-state index in [0.29, 0.717) is 0 Å². The van der Waals surface area contributed by atoms with Crippen LogP contribution in [0.5, 0.6) is 0 Å². The predicted octanol–water partition coefficient (Wildman–Crippen LogP) is 4.70. The molecule has 27 heavy (non-hydrogen) atoms. The average Bonchev–Trinajstić information content (AvgIpc) is 3.06. The molecule has 1 aliphatic rings. The van der Waals surface area contributed by atoms with Crippen LogP contribution in [-0.4, -0.2) is 47.3 Å². The molecule has 0 spiro atoms. The number of ether oxygens (including phenoxy) is 1. The number of rotatable bonds is 7. The van der Waals surface area contributed by atoms with Gasteiger partial charge in [-0.1, -0.05) is 23.7 Å². The van der Waals surface area contributed by atoms with E-state index in [-0.39, 0.29) is 0 Å². The Bertz CT molecular complexity index is 875. The van der Waals surface area contributed by atoms with Crippen LogP contribution in [0.25, 0.3) is 11.0 Å². The first kappa shape index (κ1) is 18.8. The first-order valence-corrected chi connectivity index (χ1v) is 10.8. The van der Waals surface area contributed by atoms with Crippen LogP contribution in [0, 0.1) is 0 Å². The van der Waals surface area contributed by atoms with E-state index >= 15 is 0 Å². The van der Waals surface area contributed by atoms with Crippen LogP contribution < -0.4 is 0 Å². The molecule has 0 unspecified atom stereocenters. The fourth-order valence-electron chi connectivity index (χ4n) is 3.44. The summed E-state index contributed by atoms with van der Waals surface area (Å²) in [5, 5.41) is 0.773. The molecular formula is C21H24ClN3OS. The summed E-state index contributed by atoms with van der Waals surface area (Å²) in [5.41, 5.74) is 2.31. The maximum atomic E-state index is 5.99. The van der Waals surface area contributed by atoms with Gasteiger partial charge in [-0.2, -0.15) is 0 Å². The predicted molar refractivity (Wildman–Crippen MR) is 113 cm³/mol. The average molecular weight is 402 g/mol. The molecule has 4 nitrogen and oxygen atoms in total. The Balaban J connectivity index is 1.45. The molecule has 6 heteroatoms. The molecule has 0 aliphatic carbocycles. The lowest BCUT2D eigenvalue weighted by atomic mass is 10.3. The second-order valence-corrected chi connectivity index (χ2v) is 8.20. The Labute approximate surface area is 169 Å². The molecule has 1 saturated heterocycles. The Hall–Kier alpha value is -1.53. The van der Waals surface area contributed by atoms with Gasteiger partial charge < -0.3 is 9.30 Å². The first-order chi connectivity index (χ1) is 13.3. The third-order valence-corrected chi connectivity index (χ3v) is 6.13. The van der Waals surface area contributed by atoms with E-state index < -0.39 is 0 Å². The highest BCUT2D eigenvalue weighted by Gasteiger charge is 2.13. The van der Waals surface area contributed by atoms with E-state index in [1.54, 1.807) is 11.8 Å². The third kappa shape index (κ3) is 4.85. The van der Waals surface area contributed by atoms with Crippen LogP contribution in [0.2, 0.25) is 5.02 Å². The van der Waals surface area contributed by atoms with Crippen LogP contribution in [0.4, 0.5) is 0 Å². The van der Waals surface area contributed by atoms with Gasteiger partial charge in [0.1, 0.15) is 5.82 Å². The van der Waals surface area contributed by atoms with Crippen molar-refractivity contribution < 1.29 is 4.74 Å². The normalized spacial score (nSPS) is 15.4. The second kappa shape index (κ2) is 9.11. The summed E-state index contributed by atoms with van der Waals surface area (Å²) in [7, 11) is 0. The van der Waals surface area contributed by atoms with Crippen LogP contribution in [-0.2, 0) is 17.0 Å². The molecule has 0 saturated carbocycles. The van der Waals surface area contributed by atoms with Crippen LogP contribution in [0.3, 0.4) is 0 Å². The summed E-state index contributed by atoms with van der Waals surface area (Å²) in [6.45, 7) is 5.91. The summed E-state index contributed by atoms with van der Waals surface area (Å²) in [4.78, 5) is 8.60. The number of halogens is 1. The van der Waals surface area contributed by atoms with Crippen LogP contribution in [0.15, 0.2) is 53.4 Å². The number of nitrogens with zero attached hydrogens (tertiary/aromatic N) is 3. The van der Waals surface area contributed by atoms with Gasteiger partial charge in [0.2, 0.25) is 0 Å². The van der Waals surface area contributed by atoms with Gasteiger partial charge in [0, 0.05) is 36.1 Å². The molecule has 3 aromatic rings.